The summed E-state index contributed by atoms with van der Waals surface area (Å²) < 4.78 is 0. The highest BCUT2D eigenvalue weighted by Gasteiger charge is 2.39. The molecule has 0 radical (unpaired) electrons. The van der Waals surface area contributed by atoms with Gasteiger partial charge in [-0.15, -0.1) is 0 Å². The first-order valence-electron chi connectivity index (χ1n) is 6.85. The number of rotatable bonds is 11. The minimum atomic E-state index is -2.36. The zero-order valence-corrected chi connectivity index (χ0v) is 12.8. The minimum absolute atomic E-state index is 0.886. The van der Waals surface area contributed by atoms with Gasteiger partial charge >= 0.3 is 0 Å². The SMILES string of the molecule is O=C(NC(CO)(CO)CO)C(O)C(O)C(=O)NC(CO)(CO)CO. The Bertz CT molecular complexity index is 356. The molecule has 0 aliphatic rings. The average Bonchev–Trinajstić information content (AvgIpc) is 2.62. The molecule has 0 aliphatic carbocycles. The van der Waals surface area contributed by atoms with Crippen molar-refractivity contribution < 1.29 is 50.4 Å². The molecular weight excluding hydrogens is 332 g/mol. The van der Waals surface area contributed by atoms with Gasteiger partial charge in [0.1, 0.15) is 11.1 Å². The lowest BCUT2D eigenvalue weighted by atomic mass is 10.0. The Kier molecular flexibility index (Phi) is 9.24. The topological polar surface area (TPSA) is 220 Å². The summed E-state index contributed by atoms with van der Waals surface area (Å²) in [5.41, 5.74) is -3.75. The lowest BCUT2D eigenvalue weighted by molar-refractivity contribution is -0.150. The zero-order chi connectivity index (χ0) is 19.0. The van der Waals surface area contributed by atoms with Crippen molar-refractivity contribution in [3.8, 4) is 0 Å². The maximum absolute atomic E-state index is 11.8. The van der Waals surface area contributed by atoms with Crippen LogP contribution in [0.4, 0.5) is 0 Å². The highest BCUT2D eigenvalue weighted by Crippen LogP contribution is 2.07. The molecule has 2 amide bonds. The Morgan fingerprint density at radius 1 is 0.625 bits per heavy atom. The number of aliphatic hydroxyl groups excluding tert-OH is 8. The van der Waals surface area contributed by atoms with Crippen LogP contribution in [0.2, 0.25) is 0 Å². The first-order valence-corrected chi connectivity index (χ1v) is 6.85. The summed E-state index contributed by atoms with van der Waals surface area (Å²) in [5, 5.41) is 77.5. The second-order valence-electron chi connectivity index (χ2n) is 5.38. The van der Waals surface area contributed by atoms with Gasteiger partial charge < -0.3 is 51.5 Å². The first kappa shape index (κ1) is 22.6. The van der Waals surface area contributed by atoms with E-state index in [4.69, 9.17) is 30.6 Å². The fourth-order valence-electron chi connectivity index (χ4n) is 1.49. The Balaban J connectivity index is 5.00. The molecule has 2 atom stereocenters. The predicted octanol–water partition coefficient (Wildman–Crippen LogP) is -6.63. The van der Waals surface area contributed by atoms with Crippen molar-refractivity contribution >= 4 is 11.8 Å². The van der Waals surface area contributed by atoms with Crippen LogP contribution in [0.1, 0.15) is 0 Å². The Labute approximate surface area is 137 Å². The summed E-state index contributed by atoms with van der Waals surface area (Å²) in [7, 11) is 0. The molecular formula is C12H24N2O10. The van der Waals surface area contributed by atoms with E-state index in [0.717, 1.165) is 0 Å². The molecule has 0 rings (SSSR count). The van der Waals surface area contributed by atoms with Gasteiger partial charge in [-0.05, 0) is 0 Å². The molecule has 0 aromatic rings. The fourth-order valence-corrected chi connectivity index (χ4v) is 1.49. The fraction of sp³-hybridized carbons (Fsp3) is 0.833. The summed E-state index contributed by atoms with van der Waals surface area (Å²) in [6.45, 7) is -5.31. The maximum atomic E-state index is 11.8. The van der Waals surface area contributed by atoms with Crippen LogP contribution in [0, 0.1) is 0 Å². The number of amides is 2. The summed E-state index contributed by atoms with van der Waals surface area (Å²) >= 11 is 0. The highest BCUT2D eigenvalue weighted by atomic mass is 16.4. The lowest BCUT2D eigenvalue weighted by Gasteiger charge is -2.32. The van der Waals surface area contributed by atoms with Crippen molar-refractivity contribution in [2.24, 2.45) is 0 Å². The average molecular weight is 356 g/mol. The molecule has 0 heterocycles. The van der Waals surface area contributed by atoms with Gasteiger partial charge in [-0.3, -0.25) is 9.59 Å². The molecule has 0 saturated heterocycles. The summed E-state index contributed by atoms with van der Waals surface area (Å²) in [5.74, 6) is -2.75. The van der Waals surface area contributed by atoms with Crippen molar-refractivity contribution in [1.29, 1.82) is 0 Å². The van der Waals surface area contributed by atoms with E-state index in [2.05, 4.69) is 0 Å². The summed E-state index contributed by atoms with van der Waals surface area (Å²) in [4.78, 5) is 23.5. The predicted molar refractivity (Wildman–Crippen MR) is 76.3 cm³/mol. The summed E-state index contributed by atoms with van der Waals surface area (Å²) in [6, 6.07) is 0. The molecule has 0 saturated carbocycles. The smallest absolute Gasteiger partial charge is 0.252 e. The minimum Gasteiger partial charge on any atom is -0.394 e. The molecule has 0 spiro atoms. The summed E-state index contributed by atoms with van der Waals surface area (Å²) in [6.07, 6.45) is -4.72. The first-order chi connectivity index (χ1) is 11.2. The van der Waals surface area contributed by atoms with Gasteiger partial charge in [-0.1, -0.05) is 0 Å². The van der Waals surface area contributed by atoms with Gasteiger partial charge in [-0.25, -0.2) is 0 Å². The van der Waals surface area contributed by atoms with E-state index >= 15 is 0 Å². The van der Waals surface area contributed by atoms with Crippen LogP contribution < -0.4 is 10.6 Å². The standard InChI is InChI=1S/C12H24N2O10/c15-1-11(2-16,3-17)13-9(23)7(21)8(22)10(24)14-12(4-18,5-19)6-20/h7-8,15-22H,1-6H2,(H,13,23)(H,14,24). The molecule has 0 fully saturated rings. The number of aliphatic hydroxyl groups is 8. The van der Waals surface area contributed by atoms with Crippen molar-refractivity contribution in [3.05, 3.63) is 0 Å². The van der Waals surface area contributed by atoms with Gasteiger partial charge in [0.05, 0.1) is 39.6 Å². The van der Waals surface area contributed by atoms with Crippen LogP contribution in [0.25, 0.3) is 0 Å². The zero-order valence-electron chi connectivity index (χ0n) is 12.8. The van der Waals surface area contributed by atoms with Gasteiger partial charge in [0.2, 0.25) is 0 Å². The van der Waals surface area contributed by atoms with Crippen LogP contribution in [0.15, 0.2) is 0 Å². The number of carbonyl (C=O) groups excluding carboxylic acids is 2. The van der Waals surface area contributed by atoms with Gasteiger partial charge in [0, 0.05) is 0 Å². The van der Waals surface area contributed by atoms with E-state index < -0.39 is 74.7 Å². The van der Waals surface area contributed by atoms with Crippen LogP contribution in [0.3, 0.4) is 0 Å². The van der Waals surface area contributed by atoms with E-state index in [-0.39, 0.29) is 0 Å². The third-order valence-electron chi connectivity index (χ3n) is 3.43. The number of carbonyl (C=O) groups is 2. The third kappa shape index (κ3) is 5.32. The second kappa shape index (κ2) is 9.80. The molecule has 10 N–H and O–H groups in total. The number of hydrogen-bond acceptors (Lipinski definition) is 10. The number of hydrogen-bond donors (Lipinski definition) is 10. The molecule has 12 heteroatoms. The monoisotopic (exact) mass is 356 g/mol. The molecule has 142 valence electrons. The van der Waals surface area contributed by atoms with Crippen molar-refractivity contribution in [1.82, 2.24) is 10.6 Å². The molecule has 0 bridgehead atoms. The Morgan fingerprint density at radius 3 is 1.00 bits per heavy atom. The lowest BCUT2D eigenvalue weighted by Crippen LogP contribution is -2.64. The third-order valence-corrected chi connectivity index (χ3v) is 3.43. The van der Waals surface area contributed by atoms with Crippen molar-refractivity contribution in [2.75, 3.05) is 39.6 Å². The quantitative estimate of drug-likeness (QED) is 0.168. The molecule has 0 aromatic carbocycles. The van der Waals surface area contributed by atoms with E-state index in [9.17, 15) is 19.8 Å². The maximum Gasteiger partial charge on any atom is 0.252 e. The Morgan fingerprint density at radius 2 is 0.833 bits per heavy atom. The van der Waals surface area contributed by atoms with Gasteiger partial charge in [0.15, 0.2) is 12.2 Å². The van der Waals surface area contributed by atoms with Crippen LogP contribution in [-0.4, -0.2) is 116 Å². The molecule has 2 unspecified atom stereocenters. The van der Waals surface area contributed by atoms with Gasteiger partial charge in [-0.2, -0.15) is 0 Å². The molecule has 0 aliphatic heterocycles. The molecule has 0 aromatic heterocycles. The van der Waals surface area contributed by atoms with E-state index in [1.54, 1.807) is 0 Å². The second-order valence-corrected chi connectivity index (χ2v) is 5.38. The molecule has 24 heavy (non-hydrogen) atoms. The van der Waals surface area contributed by atoms with Gasteiger partial charge in [0.25, 0.3) is 11.8 Å². The Hall–Kier alpha value is -1.38. The van der Waals surface area contributed by atoms with E-state index in [1.165, 1.54) is 0 Å². The van der Waals surface area contributed by atoms with E-state index in [0.29, 0.717) is 0 Å². The number of nitrogens with one attached hydrogen (secondary N) is 2. The van der Waals surface area contributed by atoms with Crippen molar-refractivity contribution in [3.63, 3.8) is 0 Å². The van der Waals surface area contributed by atoms with Crippen LogP contribution in [-0.2, 0) is 9.59 Å². The van der Waals surface area contributed by atoms with E-state index in [1.807, 2.05) is 10.6 Å². The van der Waals surface area contributed by atoms with Crippen LogP contribution in [0.5, 0.6) is 0 Å². The normalized spacial score (nSPS) is 14.8. The highest BCUT2D eigenvalue weighted by molar-refractivity contribution is 5.91. The largest absolute Gasteiger partial charge is 0.394 e. The molecule has 12 nitrogen and oxygen atoms in total. The van der Waals surface area contributed by atoms with Crippen molar-refractivity contribution in [2.45, 2.75) is 23.3 Å². The van der Waals surface area contributed by atoms with Crippen LogP contribution >= 0.6 is 0 Å².